The molecule has 0 spiro atoms. The van der Waals surface area contributed by atoms with E-state index < -0.39 is 7.12 Å². The number of amides is 1. The first-order valence-electron chi connectivity index (χ1n) is 8.61. The van der Waals surface area contributed by atoms with E-state index in [9.17, 15) is 4.79 Å². The Morgan fingerprint density at radius 2 is 1.73 bits per heavy atom. The van der Waals surface area contributed by atoms with E-state index in [1.165, 1.54) is 6.08 Å². The first-order chi connectivity index (χ1) is 12.3. The molecule has 0 unspecified atom stereocenters. The summed E-state index contributed by atoms with van der Waals surface area (Å²) in [5.41, 5.74) is 1.76. The Hall–Kier alpha value is -2.44. The Morgan fingerprint density at radius 3 is 2.31 bits per heavy atom. The summed E-state index contributed by atoms with van der Waals surface area (Å²) in [6.45, 7) is 8.10. The number of benzene rings is 1. The third-order valence-electron chi connectivity index (χ3n) is 4.82. The average molecular weight is 350 g/mol. The van der Waals surface area contributed by atoms with Gasteiger partial charge in [0.2, 0.25) is 5.91 Å². The molecule has 0 radical (unpaired) electrons. The summed E-state index contributed by atoms with van der Waals surface area (Å²) in [5, 5.41) is 2.83. The Kier molecular flexibility index (Phi) is 4.98. The first kappa shape index (κ1) is 18.4. The van der Waals surface area contributed by atoms with Crippen molar-refractivity contribution in [1.82, 2.24) is 4.98 Å². The van der Waals surface area contributed by atoms with Crippen molar-refractivity contribution < 1.29 is 14.1 Å². The van der Waals surface area contributed by atoms with Gasteiger partial charge in [-0.1, -0.05) is 18.2 Å². The van der Waals surface area contributed by atoms with Gasteiger partial charge in [0.05, 0.1) is 11.2 Å². The topological polar surface area (TPSA) is 60.5 Å². The highest BCUT2D eigenvalue weighted by molar-refractivity contribution is 6.62. The van der Waals surface area contributed by atoms with Crippen molar-refractivity contribution >= 4 is 30.3 Å². The molecule has 1 amide bonds. The molecule has 1 fully saturated rings. The van der Waals surface area contributed by atoms with Gasteiger partial charge >= 0.3 is 7.12 Å². The Labute approximate surface area is 154 Å². The maximum Gasteiger partial charge on any atom is 0.494 e. The third kappa shape index (κ3) is 4.03. The van der Waals surface area contributed by atoms with Crippen molar-refractivity contribution in [1.29, 1.82) is 0 Å². The molecule has 1 aliphatic heterocycles. The van der Waals surface area contributed by atoms with Crippen LogP contribution in [0.3, 0.4) is 0 Å². The summed E-state index contributed by atoms with van der Waals surface area (Å²) < 4.78 is 12.1. The van der Waals surface area contributed by atoms with Crippen molar-refractivity contribution in [3.8, 4) is 0 Å². The van der Waals surface area contributed by atoms with Gasteiger partial charge in [0.15, 0.2) is 0 Å². The number of aromatic nitrogens is 1. The predicted octanol–water partition coefficient (Wildman–Crippen LogP) is 3.03. The Morgan fingerprint density at radius 1 is 1.08 bits per heavy atom. The van der Waals surface area contributed by atoms with E-state index in [1.807, 2.05) is 64.1 Å². The summed E-state index contributed by atoms with van der Waals surface area (Å²) in [6, 6.07) is 11.2. The number of nitrogens with one attached hydrogen (secondary N) is 1. The minimum Gasteiger partial charge on any atom is -0.399 e. The molecule has 1 aliphatic rings. The summed E-state index contributed by atoms with van der Waals surface area (Å²) in [5.74, 6) is -0.197. The fourth-order valence-corrected chi connectivity index (χ4v) is 2.53. The maximum absolute atomic E-state index is 12.0. The molecule has 6 heteroatoms. The fraction of sp³-hybridized carbons (Fsp3) is 0.300. The molecule has 26 heavy (non-hydrogen) atoms. The van der Waals surface area contributed by atoms with Crippen LogP contribution < -0.4 is 10.8 Å². The van der Waals surface area contributed by atoms with Crippen molar-refractivity contribution in [2.45, 2.75) is 38.9 Å². The first-order valence-corrected chi connectivity index (χ1v) is 8.61. The molecule has 0 atom stereocenters. The van der Waals surface area contributed by atoms with Gasteiger partial charge in [-0.2, -0.15) is 0 Å². The van der Waals surface area contributed by atoms with Crippen molar-refractivity contribution in [2.24, 2.45) is 0 Å². The SMILES string of the molecule is CC1(C)OB(c2ccc(NC(=O)/C=C/c3cccnc3)cc2)OC1(C)C. The van der Waals surface area contributed by atoms with Crippen LogP contribution in [0.15, 0.2) is 54.9 Å². The van der Waals surface area contributed by atoms with Crippen LogP contribution >= 0.6 is 0 Å². The fourth-order valence-electron chi connectivity index (χ4n) is 2.53. The minimum absolute atomic E-state index is 0.197. The predicted molar refractivity (Wildman–Crippen MR) is 104 cm³/mol. The molecule has 0 bridgehead atoms. The summed E-state index contributed by atoms with van der Waals surface area (Å²) >= 11 is 0. The number of pyridine rings is 1. The van der Waals surface area contributed by atoms with E-state index in [-0.39, 0.29) is 17.1 Å². The van der Waals surface area contributed by atoms with Crippen LogP contribution in [-0.4, -0.2) is 29.2 Å². The standard InChI is InChI=1S/C20H23BN2O3/c1-19(2)20(3,4)26-21(25-19)16-8-10-17(11-9-16)23-18(24)12-7-15-6-5-13-22-14-15/h5-14H,1-4H3,(H,23,24)/b12-7+. The van der Waals surface area contributed by atoms with E-state index in [1.54, 1.807) is 18.5 Å². The lowest BCUT2D eigenvalue weighted by Crippen LogP contribution is -2.41. The van der Waals surface area contributed by atoms with Gasteiger partial charge < -0.3 is 14.6 Å². The van der Waals surface area contributed by atoms with Gasteiger partial charge in [-0.3, -0.25) is 9.78 Å². The molecular formula is C20H23BN2O3. The zero-order chi connectivity index (χ0) is 18.8. The highest BCUT2D eigenvalue weighted by Gasteiger charge is 2.51. The number of rotatable bonds is 4. The zero-order valence-electron chi connectivity index (χ0n) is 15.5. The molecule has 1 N–H and O–H groups in total. The van der Waals surface area contributed by atoms with Gasteiger partial charge in [-0.25, -0.2) is 0 Å². The third-order valence-corrected chi connectivity index (χ3v) is 4.82. The summed E-state index contributed by atoms with van der Waals surface area (Å²) in [4.78, 5) is 16.0. The molecule has 2 aromatic rings. The second kappa shape index (κ2) is 7.06. The minimum atomic E-state index is -0.407. The number of hydrogen-bond donors (Lipinski definition) is 1. The van der Waals surface area contributed by atoms with E-state index in [2.05, 4.69) is 10.3 Å². The zero-order valence-corrected chi connectivity index (χ0v) is 15.5. The van der Waals surface area contributed by atoms with Gasteiger partial charge in [0.1, 0.15) is 0 Å². The molecule has 3 rings (SSSR count). The summed E-state index contributed by atoms with van der Waals surface area (Å²) in [7, 11) is -0.407. The van der Waals surface area contributed by atoms with Crippen LogP contribution in [0.25, 0.3) is 6.08 Å². The lowest BCUT2D eigenvalue weighted by Gasteiger charge is -2.32. The van der Waals surface area contributed by atoms with Crippen LogP contribution in [0.5, 0.6) is 0 Å². The smallest absolute Gasteiger partial charge is 0.399 e. The average Bonchev–Trinajstić information content (AvgIpc) is 2.82. The van der Waals surface area contributed by atoms with Crippen LogP contribution in [0.2, 0.25) is 0 Å². The molecule has 1 aromatic heterocycles. The molecule has 5 nitrogen and oxygen atoms in total. The molecule has 2 heterocycles. The number of carbonyl (C=O) groups is 1. The normalized spacial score (nSPS) is 18.2. The monoisotopic (exact) mass is 350 g/mol. The van der Waals surface area contributed by atoms with Gasteiger partial charge in [0.25, 0.3) is 0 Å². The van der Waals surface area contributed by atoms with Crippen LogP contribution in [0.4, 0.5) is 5.69 Å². The highest BCUT2D eigenvalue weighted by atomic mass is 16.7. The van der Waals surface area contributed by atoms with Gasteiger partial charge in [0, 0.05) is 24.2 Å². The maximum atomic E-state index is 12.0. The van der Waals surface area contributed by atoms with Gasteiger partial charge in [-0.15, -0.1) is 0 Å². The molecule has 1 saturated heterocycles. The second-order valence-corrected chi connectivity index (χ2v) is 7.32. The van der Waals surface area contributed by atoms with E-state index in [0.717, 1.165) is 11.0 Å². The van der Waals surface area contributed by atoms with E-state index in [0.29, 0.717) is 5.69 Å². The molecule has 1 aromatic carbocycles. The van der Waals surface area contributed by atoms with Crippen LogP contribution in [0.1, 0.15) is 33.3 Å². The number of carbonyl (C=O) groups excluding carboxylic acids is 1. The Bertz CT molecular complexity index is 786. The highest BCUT2D eigenvalue weighted by Crippen LogP contribution is 2.36. The van der Waals surface area contributed by atoms with Crippen LogP contribution in [0, 0.1) is 0 Å². The Balaban J connectivity index is 1.62. The quantitative estimate of drug-likeness (QED) is 0.680. The molecular weight excluding hydrogens is 327 g/mol. The second-order valence-electron chi connectivity index (χ2n) is 7.32. The van der Waals surface area contributed by atoms with Crippen molar-refractivity contribution in [3.63, 3.8) is 0 Å². The van der Waals surface area contributed by atoms with E-state index >= 15 is 0 Å². The molecule has 134 valence electrons. The van der Waals surface area contributed by atoms with Crippen molar-refractivity contribution in [2.75, 3.05) is 5.32 Å². The lowest BCUT2D eigenvalue weighted by atomic mass is 9.79. The van der Waals surface area contributed by atoms with Crippen LogP contribution in [-0.2, 0) is 14.1 Å². The number of nitrogens with zero attached hydrogens (tertiary/aromatic N) is 1. The van der Waals surface area contributed by atoms with E-state index in [4.69, 9.17) is 9.31 Å². The number of hydrogen-bond acceptors (Lipinski definition) is 4. The molecule has 0 saturated carbocycles. The molecule has 0 aliphatic carbocycles. The lowest BCUT2D eigenvalue weighted by molar-refractivity contribution is -0.111. The largest absolute Gasteiger partial charge is 0.494 e. The number of anilines is 1. The summed E-state index contributed by atoms with van der Waals surface area (Å²) in [6.07, 6.45) is 6.60. The van der Waals surface area contributed by atoms with Crippen molar-refractivity contribution in [3.05, 3.63) is 60.4 Å². The van der Waals surface area contributed by atoms with Gasteiger partial charge in [-0.05, 0) is 63.0 Å².